The molecular weight excluding hydrogens is 747 g/mol. The highest BCUT2D eigenvalue weighted by molar-refractivity contribution is 7.91. The third-order valence-electron chi connectivity index (χ3n) is 11.7. The molecular formula is C38H49N7O8S2. The number of sulfonamides is 1. The van der Waals surface area contributed by atoms with Gasteiger partial charge in [0.1, 0.15) is 47.7 Å². The first kappa shape index (κ1) is 37.7. The van der Waals surface area contributed by atoms with E-state index in [1.54, 1.807) is 0 Å². The second-order valence-electron chi connectivity index (χ2n) is 15.8. The molecule has 3 N–H and O–H groups in total. The topological polar surface area (TPSA) is 188 Å². The predicted molar refractivity (Wildman–Crippen MR) is 205 cm³/mol. The van der Waals surface area contributed by atoms with Crippen molar-refractivity contribution in [3.05, 3.63) is 46.8 Å². The number of hydrogen-bond acceptors (Lipinski definition) is 12. The van der Waals surface area contributed by atoms with E-state index in [1.165, 1.54) is 16.2 Å². The van der Waals surface area contributed by atoms with Gasteiger partial charge in [-0.2, -0.15) is 0 Å². The Morgan fingerprint density at radius 1 is 1.02 bits per heavy atom. The molecule has 4 amide bonds. The summed E-state index contributed by atoms with van der Waals surface area (Å²) in [6, 6.07) is 1.53. The van der Waals surface area contributed by atoms with E-state index >= 15 is 0 Å². The molecule has 1 aromatic rings. The Morgan fingerprint density at radius 2 is 1.82 bits per heavy atom. The summed E-state index contributed by atoms with van der Waals surface area (Å²) in [6.45, 7) is 0.00589. The maximum absolute atomic E-state index is 14.6. The molecule has 3 saturated carbocycles. The Balaban J connectivity index is 1.08. The number of ether oxygens (including phenoxy) is 2. The van der Waals surface area contributed by atoms with Crippen LogP contribution >= 0.6 is 11.3 Å². The lowest BCUT2D eigenvalue weighted by Crippen LogP contribution is -2.58. The van der Waals surface area contributed by atoms with Crippen LogP contribution in [0.3, 0.4) is 0 Å². The fourth-order valence-electron chi connectivity index (χ4n) is 8.32. The summed E-state index contributed by atoms with van der Waals surface area (Å²) in [5.74, 6) is -1.94. The Bertz CT molecular complexity index is 1910. The number of carbonyl (C=O) groups is 4. The number of rotatable bonds is 7. The molecule has 0 aromatic carbocycles. The van der Waals surface area contributed by atoms with E-state index in [0.29, 0.717) is 43.7 Å². The minimum atomic E-state index is -3.89. The Kier molecular flexibility index (Phi) is 10.5. The van der Waals surface area contributed by atoms with Crippen LogP contribution in [-0.4, -0.2) is 115 Å². The second kappa shape index (κ2) is 15.4. The van der Waals surface area contributed by atoms with Crippen molar-refractivity contribution in [3.63, 3.8) is 0 Å². The first-order valence-corrected chi connectivity index (χ1v) is 22.0. The first-order valence-electron chi connectivity index (χ1n) is 19.6. The minimum absolute atomic E-state index is 0.00589. The third kappa shape index (κ3) is 8.04. The quantitative estimate of drug-likeness (QED) is 0.349. The number of amides is 4. The number of aliphatic imine (C=N–C) groups is 2. The van der Waals surface area contributed by atoms with Crippen molar-refractivity contribution in [2.75, 3.05) is 13.6 Å². The summed E-state index contributed by atoms with van der Waals surface area (Å²) in [5.41, 5.74) is -0.907. The zero-order valence-corrected chi connectivity index (χ0v) is 32.6. The number of carbonyl (C=O) groups excluding carboxylic acids is 4. The Morgan fingerprint density at radius 3 is 2.58 bits per heavy atom. The summed E-state index contributed by atoms with van der Waals surface area (Å²) in [4.78, 5) is 70.2. The molecule has 15 nitrogen and oxygen atoms in total. The van der Waals surface area contributed by atoms with Gasteiger partial charge in [-0.3, -0.25) is 24.1 Å². The van der Waals surface area contributed by atoms with Crippen LogP contribution in [0.15, 0.2) is 51.9 Å². The molecule has 4 aliphatic heterocycles. The van der Waals surface area contributed by atoms with Gasteiger partial charge in [-0.1, -0.05) is 31.1 Å². The molecule has 7 aliphatic rings. The van der Waals surface area contributed by atoms with Crippen molar-refractivity contribution in [1.29, 1.82) is 0 Å². The molecule has 8 rings (SSSR count). The lowest BCUT2D eigenvalue weighted by atomic mass is 10.0. The van der Waals surface area contributed by atoms with Gasteiger partial charge >= 0.3 is 6.09 Å². The third-order valence-corrected chi connectivity index (χ3v) is 14.4. The molecule has 1 saturated heterocycles. The van der Waals surface area contributed by atoms with Gasteiger partial charge in [0.2, 0.25) is 27.7 Å². The molecule has 3 unspecified atom stereocenters. The molecule has 1 aromatic heterocycles. The highest BCUT2D eigenvalue weighted by atomic mass is 32.2. The average Bonchev–Trinajstić information content (AvgIpc) is 3.78. The van der Waals surface area contributed by atoms with Gasteiger partial charge in [-0.05, 0) is 87.9 Å². The van der Waals surface area contributed by atoms with Crippen LogP contribution in [0.5, 0.6) is 0 Å². The van der Waals surface area contributed by atoms with E-state index in [2.05, 4.69) is 15.4 Å². The molecule has 3 aliphatic carbocycles. The van der Waals surface area contributed by atoms with Crippen LogP contribution in [0.4, 0.5) is 4.79 Å². The highest BCUT2D eigenvalue weighted by Crippen LogP contribution is 2.46. The van der Waals surface area contributed by atoms with Crippen molar-refractivity contribution in [3.8, 4) is 0 Å². The van der Waals surface area contributed by atoms with E-state index < -0.39 is 68.7 Å². The molecule has 296 valence electrons. The highest BCUT2D eigenvalue weighted by Gasteiger charge is 2.62. The zero-order chi connectivity index (χ0) is 38.3. The summed E-state index contributed by atoms with van der Waals surface area (Å²) in [5, 5.41) is 7.06. The maximum atomic E-state index is 14.6. The molecule has 5 heterocycles. The van der Waals surface area contributed by atoms with E-state index in [1.807, 2.05) is 53.9 Å². The summed E-state index contributed by atoms with van der Waals surface area (Å²) >= 11 is 1.50. The molecule has 0 spiro atoms. The molecule has 0 radical (unpaired) electrons. The average molecular weight is 796 g/mol. The fourth-order valence-corrected chi connectivity index (χ4v) is 10.4. The van der Waals surface area contributed by atoms with Crippen LogP contribution in [0.2, 0.25) is 0 Å². The molecule has 4 fully saturated rings. The van der Waals surface area contributed by atoms with Gasteiger partial charge in [0.25, 0.3) is 5.91 Å². The molecule has 55 heavy (non-hydrogen) atoms. The number of nitrogens with one attached hydrogen (secondary N) is 3. The first-order chi connectivity index (χ1) is 26.5. The normalized spacial score (nSPS) is 33.2. The fraction of sp³-hybridized carbons (Fsp3) is 0.632. The summed E-state index contributed by atoms with van der Waals surface area (Å²) < 4.78 is 40.3. The van der Waals surface area contributed by atoms with E-state index in [9.17, 15) is 27.6 Å². The largest absolute Gasteiger partial charge is 0.471 e. The lowest BCUT2D eigenvalue weighted by Gasteiger charge is -2.30. The second-order valence-corrected chi connectivity index (χ2v) is 18.7. The van der Waals surface area contributed by atoms with Crippen LogP contribution in [-0.2, 0) is 33.9 Å². The number of nitrogens with zero attached hydrogens (tertiary/aromatic N) is 4. The summed E-state index contributed by atoms with van der Waals surface area (Å²) in [7, 11) is -1.95. The maximum Gasteiger partial charge on any atom is 0.408 e. The van der Waals surface area contributed by atoms with Gasteiger partial charge < -0.3 is 29.9 Å². The number of alkyl carbamates (subject to hydrolysis) is 1. The van der Waals surface area contributed by atoms with E-state index in [-0.39, 0.29) is 37.7 Å². The predicted octanol–water partition coefficient (Wildman–Crippen LogP) is 3.13. The molecule has 17 heteroatoms. The smallest absolute Gasteiger partial charge is 0.408 e. The van der Waals surface area contributed by atoms with E-state index in [0.717, 1.165) is 43.4 Å². The zero-order valence-electron chi connectivity index (χ0n) is 30.9. The van der Waals surface area contributed by atoms with Crippen LogP contribution in [0.25, 0.3) is 0 Å². The van der Waals surface area contributed by atoms with E-state index in [4.69, 9.17) is 19.5 Å². The van der Waals surface area contributed by atoms with Crippen molar-refractivity contribution < 1.29 is 37.1 Å². The summed E-state index contributed by atoms with van der Waals surface area (Å²) in [6.07, 6.45) is 14.0. The van der Waals surface area contributed by atoms with Crippen LogP contribution in [0, 0.1) is 5.92 Å². The van der Waals surface area contributed by atoms with Gasteiger partial charge in [-0.15, -0.1) is 11.3 Å². The van der Waals surface area contributed by atoms with Crippen molar-refractivity contribution >= 4 is 56.8 Å². The SMILES string of the molecule is CN1C=CC2N=C(O[C@@H]3C[C@H]4C(=O)N[C@]5(C(=O)NS(=O)(=O)C6CC6)CC5/C=C\CCCCC[C@H](NC(=O)OC5CCCC5)C(=O)N4C3)C(c3cccs3)=NC21. The van der Waals surface area contributed by atoms with Gasteiger partial charge in [-0.25, -0.2) is 18.2 Å². The van der Waals surface area contributed by atoms with Crippen LogP contribution in [0.1, 0.15) is 88.3 Å². The monoisotopic (exact) mass is 795 g/mol. The van der Waals surface area contributed by atoms with Crippen molar-refractivity contribution in [1.82, 2.24) is 25.2 Å². The molecule has 7 atom stereocenters. The standard InChI is InChI=1S/C38H49N7O8S2/c1-44-18-17-27-32(44)41-31(30-14-9-19-54-30)34(39-27)52-25-20-29-33(46)42-38(36(48)43-55(50,51)26-15-16-26)21-23(38)10-5-3-2-4-6-13-28(35(47)45(29)22-25)40-37(49)53-24-11-7-8-12-24/h5,9-10,14,17-19,23-29,32H,2-4,6-8,11-13,15-16,20-22H2,1H3,(H,40,49)(H,42,46)(H,43,48)/b10-5-/t23?,25-,27?,28+,29+,32?,38-/m1/s1. The Labute approximate surface area is 325 Å². The van der Waals surface area contributed by atoms with Crippen molar-refractivity contribution in [2.24, 2.45) is 15.9 Å². The number of allylic oxidation sites excluding steroid dienone is 1. The number of likely N-dealkylation sites (N-methyl/N-ethyl adjacent to an activating group) is 1. The van der Waals surface area contributed by atoms with Gasteiger partial charge in [0.05, 0.1) is 16.7 Å². The minimum Gasteiger partial charge on any atom is -0.471 e. The van der Waals surface area contributed by atoms with Gasteiger partial charge in [0.15, 0.2) is 0 Å². The van der Waals surface area contributed by atoms with Gasteiger partial charge in [0, 0.05) is 19.4 Å². The number of thiophene rings is 1. The lowest BCUT2D eigenvalue weighted by molar-refractivity contribution is -0.141. The number of hydrogen-bond donors (Lipinski definition) is 3. The Hall–Kier alpha value is -4.25. The van der Waals surface area contributed by atoms with Crippen LogP contribution < -0.4 is 15.4 Å². The number of fused-ring (bicyclic) bond motifs is 3. The van der Waals surface area contributed by atoms with Crippen molar-refractivity contribution in [2.45, 2.75) is 131 Å². The molecule has 0 bridgehead atoms.